The SMILES string of the molecule is CC(C)(C)NC(=O)C(Cc1ccccc1)N(Cc1ccc(Cl)cc1)C(=O)CN(c1ccc([N+](=O)[O-])cc1)S(=O)(=O)c1ccccc1. The van der Waals surface area contributed by atoms with Gasteiger partial charge < -0.3 is 10.2 Å². The number of anilines is 1. The van der Waals surface area contributed by atoms with E-state index in [2.05, 4.69) is 5.32 Å². The Bertz CT molecular complexity index is 1760. The molecule has 0 heterocycles. The van der Waals surface area contributed by atoms with E-state index in [1.54, 1.807) is 42.5 Å². The van der Waals surface area contributed by atoms with Crippen molar-refractivity contribution in [3.05, 3.63) is 135 Å². The van der Waals surface area contributed by atoms with E-state index in [4.69, 9.17) is 11.6 Å². The van der Waals surface area contributed by atoms with Gasteiger partial charge >= 0.3 is 0 Å². The molecule has 12 heteroatoms. The average Bonchev–Trinajstić information content (AvgIpc) is 3.02. The molecule has 4 rings (SSSR count). The van der Waals surface area contributed by atoms with Crippen LogP contribution in [0.25, 0.3) is 0 Å². The molecule has 0 saturated heterocycles. The van der Waals surface area contributed by atoms with Crippen molar-refractivity contribution in [1.82, 2.24) is 10.2 Å². The number of nitro groups is 1. The second-order valence-corrected chi connectivity index (χ2v) is 14.0. The zero-order valence-corrected chi connectivity index (χ0v) is 27.2. The van der Waals surface area contributed by atoms with Gasteiger partial charge in [-0.15, -0.1) is 0 Å². The molecule has 0 fully saturated rings. The zero-order chi connectivity index (χ0) is 33.5. The third-order valence-corrected chi connectivity index (χ3v) is 9.03. The van der Waals surface area contributed by atoms with Gasteiger partial charge in [0.05, 0.1) is 15.5 Å². The molecule has 0 aliphatic rings. The minimum Gasteiger partial charge on any atom is -0.350 e. The number of amides is 2. The summed E-state index contributed by atoms with van der Waals surface area (Å²) in [6.07, 6.45) is 0.158. The van der Waals surface area contributed by atoms with Crippen molar-refractivity contribution in [1.29, 1.82) is 0 Å². The van der Waals surface area contributed by atoms with Gasteiger partial charge in [0, 0.05) is 35.7 Å². The predicted molar refractivity (Wildman–Crippen MR) is 178 cm³/mol. The van der Waals surface area contributed by atoms with Gasteiger partial charge in [-0.25, -0.2) is 8.42 Å². The lowest BCUT2D eigenvalue weighted by Gasteiger charge is -2.35. The Morgan fingerprint density at radius 2 is 1.41 bits per heavy atom. The fourth-order valence-corrected chi connectivity index (χ4v) is 6.34. The number of nitrogens with one attached hydrogen (secondary N) is 1. The number of nitro benzene ring substituents is 1. The van der Waals surface area contributed by atoms with E-state index in [9.17, 15) is 28.1 Å². The van der Waals surface area contributed by atoms with Crippen molar-refractivity contribution < 1.29 is 22.9 Å². The fraction of sp³-hybridized carbons (Fsp3) is 0.235. The van der Waals surface area contributed by atoms with E-state index >= 15 is 0 Å². The van der Waals surface area contributed by atoms with Gasteiger partial charge in [0.15, 0.2) is 0 Å². The molecule has 0 aliphatic carbocycles. The number of nitrogens with zero attached hydrogens (tertiary/aromatic N) is 3. The van der Waals surface area contributed by atoms with Crippen LogP contribution in [0, 0.1) is 10.1 Å². The first kappa shape index (κ1) is 34.1. The molecule has 46 heavy (non-hydrogen) atoms. The van der Waals surface area contributed by atoms with E-state index in [1.807, 2.05) is 51.1 Å². The number of carbonyl (C=O) groups is 2. The molecule has 1 N–H and O–H groups in total. The number of non-ortho nitro benzene ring substituents is 1. The molecule has 240 valence electrons. The first-order chi connectivity index (χ1) is 21.7. The molecule has 0 bridgehead atoms. The summed E-state index contributed by atoms with van der Waals surface area (Å²) in [5.41, 5.74) is 0.663. The van der Waals surface area contributed by atoms with Crippen LogP contribution in [-0.2, 0) is 32.6 Å². The summed E-state index contributed by atoms with van der Waals surface area (Å²) in [6, 6.07) is 27.5. The van der Waals surface area contributed by atoms with Crippen molar-refractivity contribution in [2.75, 3.05) is 10.8 Å². The number of hydrogen-bond donors (Lipinski definition) is 1. The molecular weight excluding hydrogens is 628 g/mol. The molecule has 1 unspecified atom stereocenters. The molecule has 2 amide bonds. The molecule has 0 aliphatic heterocycles. The number of rotatable bonds is 12. The van der Waals surface area contributed by atoms with Crippen molar-refractivity contribution in [3.63, 3.8) is 0 Å². The third kappa shape index (κ3) is 8.92. The van der Waals surface area contributed by atoms with Crippen LogP contribution in [0.1, 0.15) is 31.9 Å². The largest absolute Gasteiger partial charge is 0.350 e. The molecule has 0 spiro atoms. The van der Waals surface area contributed by atoms with Gasteiger partial charge in [-0.2, -0.15) is 0 Å². The quantitative estimate of drug-likeness (QED) is 0.146. The Labute approximate surface area is 273 Å². The summed E-state index contributed by atoms with van der Waals surface area (Å²) in [5.74, 6) is -1.07. The molecule has 0 radical (unpaired) electrons. The van der Waals surface area contributed by atoms with Crippen molar-refractivity contribution in [2.24, 2.45) is 0 Å². The average molecular weight is 663 g/mol. The van der Waals surface area contributed by atoms with Gasteiger partial charge in [0.1, 0.15) is 12.6 Å². The molecule has 4 aromatic rings. The lowest BCUT2D eigenvalue weighted by molar-refractivity contribution is -0.384. The highest BCUT2D eigenvalue weighted by molar-refractivity contribution is 7.92. The third-order valence-electron chi connectivity index (χ3n) is 6.99. The van der Waals surface area contributed by atoms with Gasteiger partial charge in [-0.05, 0) is 68.3 Å². The Morgan fingerprint density at radius 3 is 1.96 bits per heavy atom. The molecule has 4 aromatic carbocycles. The number of carbonyl (C=O) groups excluding carboxylic acids is 2. The van der Waals surface area contributed by atoms with E-state index < -0.39 is 44.9 Å². The number of sulfonamides is 1. The number of benzene rings is 4. The number of halogens is 1. The van der Waals surface area contributed by atoms with Crippen molar-refractivity contribution >= 4 is 44.8 Å². The first-order valence-electron chi connectivity index (χ1n) is 14.5. The molecular formula is C34H35ClN4O6S. The van der Waals surface area contributed by atoms with Crippen molar-refractivity contribution in [2.45, 2.75) is 50.2 Å². The van der Waals surface area contributed by atoms with E-state index in [0.717, 1.165) is 9.87 Å². The van der Waals surface area contributed by atoms with Gasteiger partial charge in [0.25, 0.3) is 15.7 Å². The summed E-state index contributed by atoms with van der Waals surface area (Å²) in [4.78, 5) is 40.4. The van der Waals surface area contributed by atoms with Crippen molar-refractivity contribution in [3.8, 4) is 0 Å². The Kier molecular flexibility index (Phi) is 10.8. The Balaban J connectivity index is 1.82. The number of hydrogen-bond acceptors (Lipinski definition) is 6. The molecule has 0 saturated carbocycles. The van der Waals surface area contributed by atoms with E-state index in [0.29, 0.717) is 10.6 Å². The van der Waals surface area contributed by atoms with Gasteiger partial charge in [-0.3, -0.25) is 24.0 Å². The maximum Gasteiger partial charge on any atom is 0.269 e. The fourth-order valence-electron chi connectivity index (χ4n) is 4.78. The monoisotopic (exact) mass is 662 g/mol. The lowest BCUT2D eigenvalue weighted by Crippen LogP contribution is -2.56. The second kappa shape index (κ2) is 14.6. The van der Waals surface area contributed by atoms with Crippen LogP contribution in [-0.4, -0.2) is 48.2 Å². The minimum absolute atomic E-state index is 0.0233. The summed E-state index contributed by atoms with van der Waals surface area (Å²) in [6.45, 7) is 4.79. The van der Waals surface area contributed by atoms with E-state index in [1.165, 1.54) is 41.3 Å². The molecule has 10 nitrogen and oxygen atoms in total. The van der Waals surface area contributed by atoms with Crippen LogP contribution in [0.4, 0.5) is 11.4 Å². The van der Waals surface area contributed by atoms with Crippen LogP contribution in [0.15, 0.2) is 114 Å². The highest BCUT2D eigenvalue weighted by atomic mass is 35.5. The Morgan fingerprint density at radius 1 is 0.848 bits per heavy atom. The van der Waals surface area contributed by atoms with Crippen LogP contribution in [0.5, 0.6) is 0 Å². The lowest BCUT2D eigenvalue weighted by atomic mass is 10.0. The molecule has 0 aromatic heterocycles. The normalized spacial score (nSPS) is 12.2. The van der Waals surface area contributed by atoms with Gasteiger partial charge in [0.2, 0.25) is 11.8 Å². The van der Waals surface area contributed by atoms with E-state index in [-0.39, 0.29) is 29.2 Å². The smallest absolute Gasteiger partial charge is 0.269 e. The summed E-state index contributed by atoms with van der Waals surface area (Å²) < 4.78 is 28.9. The Hall–Kier alpha value is -4.74. The maximum absolute atomic E-state index is 14.5. The van der Waals surface area contributed by atoms with Crippen LogP contribution in [0.3, 0.4) is 0 Å². The summed E-state index contributed by atoms with van der Waals surface area (Å²) in [7, 11) is -4.33. The summed E-state index contributed by atoms with van der Waals surface area (Å²) in [5, 5.41) is 14.8. The van der Waals surface area contributed by atoms with Crippen LogP contribution in [0.2, 0.25) is 5.02 Å². The minimum atomic E-state index is -4.33. The zero-order valence-electron chi connectivity index (χ0n) is 25.7. The highest BCUT2D eigenvalue weighted by Gasteiger charge is 2.35. The summed E-state index contributed by atoms with van der Waals surface area (Å²) >= 11 is 6.12. The van der Waals surface area contributed by atoms with Crippen LogP contribution < -0.4 is 9.62 Å². The van der Waals surface area contributed by atoms with Crippen LogP contribution >= 0.6 is 11.6 Å². The molecule has 1 atom stereocenters. The topological polar surface area (TPSA) is 130 Å². The standard InChI is InChI=1S/C34H35ClN4O6S/c1-34(2,3)36-33(41)31(22-25-10-6-4-7-11-25)37(23-26-14-16-27(35)17-15-26)32(40)24-38(28-18-20-29(21-19-28)39(42)43)46(44,45)30-12-8-5-9-13-30/h4-21,31H,22-24H2,1-3H3,(H,36,41). The maximum atomic E-state index is 14.5. The van der Waals surface area contributed by atoms with Gasteiger partial charge in [-0.1, -0.05) is 72.3 Å². The predicted octanol–water partition coefficient (Wildman–Crippen LogP) is 6.00. The first-order valence-corrected chi connectivity index (χ1v) is 16.3. The highest BCUT2D eigenvalue weighted by Crippen LogP contribution is 2.27. The second-order valence-electron chi connectivity index (χ2n) is 11.7.